The Hall–Kier alpha value is -3.00. The fraction of sp³-hybridized carbons (Fsp3) is 0.0476. The van der Waals surface area contributed by atoms with Crippen molar-refractivity contribution in [3.63, 3.8) is 0 Å². The van der Waals surface area contributed by atoms with Crippen molar-refractivity contribution < 1.29 is 0 Å². The van der Waals surface area contributed by atoms with Gasteiger partial charge in [0, 0.05) is 12.4 Å². The molecule has 0 unspecified atom stereocenters. The molecule has 3 aromatic carbocycles. The van der Waals surface area contributed by atoms with Gasteiger partial charge in [-0.15, -0.1) is 0 Å². The lowest BCUT2D eigenvalue weighted by atomic mass is 10.1. The Labute approximate surface area is 135 Å². The average Bonchev–Trinajstić information content (AvgIpc) is 3.01. The second-order valence-electron chi connectivity index (χ2n) is 5.54. The number of hydrogen-bond donors (Lipinski definition) is 0. The van der Waals surface area contributed by atoms with Crippen LogP contribution < -0.4 is 0 Å². The molecule has 0 saturated carbocycles. The highest BCUT2D eigenvalue weighted by atomic mass is 14.8. The van der Waals surface area contributed by atoms with Gasteiger partial charge >= 0.3 is 0 Å². The van der Waals surface area contributed by atoms with Crippen LogP contribution in [0.25, 0.3) is 22.2 Å². The minimum Gasteiger partial charge on any atom is -0.253 e. The molecule has 0 saturated heterocycles. The van der Waals surface area contributed by atoms with Gasteiger partial charge in [0.1, 0.15) is 0 Å². The SMILES string of the molecule is c1ccc2c(c1)Cc1ccccc1-2.c1ccc2nccnc2c1. The van der Waals surface area contributed by atoms with E-state index in [0.29, 0.717) is 0 Å². The Kier molecular flexibility index (Phi) is 3.57. The van der Waals surface area contributed by atoms with Crippen molar-refractivity contribution in [1.29, 1.82) is 0 Å². The van der Waals surface area contributed by atoms with E-state index >= 15 is 0 Å². The highest BCUT2D eigenvalue weighted by Gasteiger charge is 2.15. The van der Waals surface area contributed by atoms with Crippen LogP contribution in [0.4, 0.5) is 0 Å². The Morgan fingerprint density at radius 1 is 0.522 bits per heavy atom. The van der Waals surface area contributed by atoms with Crippen LogP contribution in [0.2, 0.25) is 0 Å². The normalized spacial score (nSPS) is 11.3. The molecule has 2 heteroatoms. The lowest BCUT2D eigenvalue weighted by molar-refractivity contribution is 1.26. The summed E-state index contributed by atoms with van der Waals surface area (Å²) in [5, 5.41) is 0. The predicted octanol–water partition coefficient (Wildman–Crippen LogP) is 4.89. The number of rotatable bonds is 0. The molecule has 0 atom stereocenters. The van der Waals surface area contributed by atoms with Crippen LogP contribution in [0.15, 0.2) is 85.2 Å². The number of hydrogen-bond acceptors (Lipinski definition) is 2. The summed E-state index contributed by atoms with van der Waals surface area (Å²) in [7, 11) is 0. The maximum Gasteiger partial charge on any atom is 0.0886 e. The van der Waals surface area contributed by atoms with Gasteiger partial charge in [0.25, 0.3) is 0 Å². The zero-order chi connectivity index (χ0) is 15.5. The molecule has 0 bridgehead atoms. The van der Waals surface area contributed by atoms with Crippen molar-refractivity contribution >= 4 is 11.0 Å². The first-order chi connectivity index (χ1) is 11.4. The second-order valence-corrected chi connectivity index (χ2v) is 5.54. The summed E-state index contributed by atoms with van der Waals surface area (Å²) in [5.74, 6) is 0. The number of nitrogens with zero attached hydrogens (tertiary/aromatic N) is 2. The molecule has 0 aliphatic heterocycles. The molecule has 1 heterocycles. The van der Waals surface area contributed by atoms with E-state index in [1.54, 1.807) is 12.4 Å². The Morgan fingerprint density at radius 3 is 1.48 bits per heavy atom. The molecule has 1 aliphatic carbocycles. The highest BCUT2D eigenvalue weighted by molar-refractivity contribution is 5.76. The fourth-order valence-corrected chi connectivity index (χ4v) is 2.99. The smallest absolute Gasteiger partial charge is 0.0886 e. The van der Waals surface area contributed by atoms with Gasteiger partial charge in [-0.3, -0.25) is 9.97 Å². The summed E-state index contributed by atoms with van der Waals surface area (Å²) in [4.78, 5) is 8.24. The van der Waals surface area contributed by atoms with Gasteiger partial charge in [0.15, 0.2) is 0 Å². The molecule has 0 spiro atoms. The van der Waals surface area contributed by atoms with E-state index in [-0.39, 0.29) is 0 Å². The molecule has 23 heavy (non-hydrogen) atoms. The van der Waals surface area contributed by atoms with Crippen molar-refractivity contribution in [1.82, 2.24) is 9.97 Å². The van der Waals surface area contributed by atoms with E-state index in [0.717, 1.165) is 17.5 Å². The first-order valence-electron chi connectivity index (χ1n) is 7.74. The van der Waals surface area contributed by atoms with Crippen LogP contribution in [-0.4, -0.2) is 9.97 Å². The summed E-state index contributed by atoms with van der Waals surface area (Å²) in [6.45, 7) is 0. The van der Waals surface area contributed by atoms with Gasteiger partial charge in [-0.05, 0) is 40.8 Å². The zero-order valence-electron chi connectivity index (χ0n) is 12.7. The topological polar surface area (TPSA) is 25.8 Å². The monoisotopic (exact) mass is 296 g/mol. The van der Waals surface area contributed by atoms with E-state index in [2.05, 4.69) is 58.5 Å². The van der Waals surface area contributed by atoms with Crippen LogP contribution in [0, 0.1) is 0 Å². The maximum absolute atomic E-state index is 4.12. The zero-order valence-corrected chi connectivity index (χ0v) is 12.7. The first-order valence-corrected chi connectivity index (χ1v) is 7.74. The molecule has 0 radical (unpaired) electrons. The minimum atomic E-state index is 0.949. The van der Waals surface area contributed by atoms with Gasteiger partial charge in [-0.25, -0.2) is 0 Å². The Morgan fingerprint density at radius 2 is 0.957 bits per heavy atom. The number of benzene rings is 3. The van der Waals surface area contributed by atoms with Gasteiger partial charge in [-0.1, -0.05) is 60.7 Å². The van der Waals surface area contributed by atoms with Crippen LogP contribution in [0.1, 0.15) is 11.1 Å². The third-order valence-corrected chi connectivity index (χ3v) is 4.08. The fourth-order valence-electron chi connectivity index (χ4n) is 2.99. The van der Waals surface area contributed by atoms with E-state index in [1.165, 1.54) is 22.3 Å². The second kappa shape index (κ2) is 6.01. The lowest BCUT2D eigenvalue weighted by Gasteiger charge is -1.98. The van der Waals surface area contributed by atoms with Crippen LogP contribution in [0.3, 0.4) is 0 Å². The van der Waals surface area contributed by atoms with Gasteiger partial charge in [0.2, 0.25) is 0 Å². The van der Waals surface area contributed by atoms with Crippen LogP contribution >= 0.6 is 0 Å². The standard InChI is InChI=1S/C13H10.C8H6N2/c1-3-7-12-10(5-1)9-11-6-2-4-8-13(11)12;1-2-4-8-7(3-1)9-5-6-10-8/h1-8H,9H2;1-6H. The average molecular weight is 296 g/mol. The molecule has 0 N–H and O–H groups in total. The summed E-state index contributed by atoms with van der Waals surface area (Å²) in [5.41, 5.74) is 7.65. The van der Waals surface area contributed by atoms with Crippen molar-refractivity contribution in [3.05, 3.63) is 96.3 Å². The van der Waals surface area contributed by atoms with Crippen molar-refractivity contribution in [2.45, 2.75) is 6.42 Å². The molecule has 1 aromatic heterocycles. The van der Waals surface area contributed by atoms with Gasteiger partial charge in [0.05, 0.1) is 11.0 Å². The molecule has 5 rings (SSSR count). The largest absolute Gasteiger partial charge is 0.253 e. The third kappa shape index (κ3) is 2.71. The number of para-hydroxylation sites is 2. The van der Waals surface area contributed by atoms with E-state index in [9.17, 15) is 0 Å². The molecular weight excluding hydrogens is 280 g/mol. The van der Waals surface area contributed by atoms with E-state index < -0.39 is 0 Å². The number of fused-ring (bicyclic) bond motifs is 4. The summed E-state index contributed by atoms with van der Waals surface area (Å²) in [6.07, 6.45) is 4.50. The lowest BCUT2D eigenvalue weighted by Crippen LogP contribution is -1.78. The van der Waals surface area contributed by atoms with Crippen molar-refractivity contribution in [2.24, 2.45) is 0 Å². The van der Waals surface area contributed by atoms with Crippen LogP contribution in [0.5, 0.6) is 0 Å². The summed E-state index contributed by atoms with van der Waals surface area (Å²) < 4.78 is 0. The molecular formula is C21H16N2. The quantitative estimate of drug-likeness (QED) is 0.407. The van der Waals surface area contributed by atoms with Crippen molar-refractivity contribution in [3.8, 4) is 11.1 Å². The van der Waals surface area contributed by atoms with Gasteiger partial charge < -0.3 is 0 Å². The summed E-state index contributed by atoms with van der Waals surface area (Å²) >= 11 is 0. The number of aromatic nitrogens is 2. The highest BCUT2D eigenvalue weighted by Crippen LogP contribution is 2.35. The Bertz CT molecular complexity index is 851. The first kappa shape index (κ1) is 13.6. The van der Waals surface area contributed by atoms with Crippen LogP contribution in [-0.2, 0) is 6.42 Å². The third-order valence-electron chi connectivity index (χ3n) is 4.08. The Balaban J connectivity index is 0.000000122. The molecule has 2 nitrogen and oxygen atoms in total. The molecule has 1 aliphatic rings. The van der Waals surface area contributed by atoms with Gasteiger partial charge in [-0.2, -0.15) is 0 Å². The van der Waals surface area contributed by atoms with E-state index in [4.69, 9.17) is 0 Å². The maximum atomic E-state index is 4.12. The minimum absolute atomic E-state index is 0.949. The molecule has 0 amide bonds. The molecule has 110 valence electrons. The van der Waals surface area contributed by atoms with Crippen molar-refractivity contribution in [2.75, 3.05) is 0 Å². The van der Waals surface area contributed by atoms with E-state index in [1.807, 2.05) is 24.3 Å². The molecule has 4 aromatic rings. The summed E-state index contributed by atoms with van der Waals surface area (Å²) in [6, 6.07) is 25.1. The predicted molar refractivity (Wildman–Crippen MR) is 94.2 cm³/mol. The molecule has 0 fully saturated rings.